The Morgan fingerprint density at radius 3 is 2.19 bits per heavy atom. The molecule has 0 aliphatic carbocycles. The number of aliphatic hydroxyl groups is 1. The van der Waals surface area contributed by atoms with Gasteiger partial charge in [-0.25, -0.2) is 4.98 Å². The van der Waals surface area contributed by atoms with Crippen LogP contribution in [0.25, 0.3) is 16.0 Å². The van der Waals surface area contributed by atoms with Gasteiger partial charge in [-0.05, 0) is 73.5 Å². The molecule has 0 radical (unpaired) electrons. The van der Waals surface area contributed by atoms with E-state index in [9.17, 15) is 14.7 Å². The highest BCUT2D eigenvalue weighted by Crippen LogP contribution is 2.48. The topological polar surface area (TPSA) is 117 Å². The number of amides is 1. The van der Waals surface area contributed by atoms with Crippen molar-refractivity contribution < 1.29 is 38.4 Å². The number of benzene rings is 3. The van der Waals surface area contributed by atoms with Gasteiger partial charge in [-0.3, -0.25) is 14.5 Å². The number of Topliss-reactive ketones (excluding diaryl/α,β-unsaturated/α-hetero) is 1. The van der Waals surface area contributed by atoms with Gasteiger partial charge in [-0.1, -0.05) is 18.3 Å². The van der Waals surface area contributed by atoms with E-state index in [1.807, 2.05) is 19.9 Å². The van der Waals surface area contributed by atoms with Crippen molar-refractivity contribution in [2.45, 2.75) is 26.3 Å². The van der Waals surface area contributed by atoms with Gasteiger partial charge >= 0.3 is 5.91 Å². The Morgan fingerprint density at radius 1 is 0.907 bits per heavy atom. The van der Waals surface area contributed by atoms with Gasteiger partial charge in [0.25, 0.3) is 5.78 Å². The van der Waals surface area contributed by atoms with Crippen LogP contribution < -0.4 is 28.6 Å². The molecule has 0 bridgehead atoms. The van der Waals surface area contributed by atoms with Gasteiger partial charge in [-0.2, -0.15) is 0 Å². The number of nitrogens with zero attached hydrogens (tertiary/aromatic N) is 2. The molecular weight excluding hydrogens is 572 g/mol. The van der Waals surface area contributed by atoms with Gasteiger partial charge in [-0.15, -0.1) is 0 Å². The predicted octanol–water partition coefficient (Wildman–Crippen LogP) is 6.14. The average Bonchev–Trinajstić information content (AvgIpc) is 3.56. The van der Waals surface area contributed by atoms with Gasteiger partial charge in [0, 0.05) is 5.56 Å². The van der Waals surface area contributed by atoms with E-state index in [0.717, 1.165) is 11.1 Å². The number of hydrogen-bond donors (Lipinski definition) is 1. The minimum atomic E-state index is -1.06. The summed E-state index contributed by atoms with van der Waals surface area (Å²) < 4.78 is 28.7. The van der Waals surface area contributed by atoms with Crippen molar-refractivity contribution in [3.05, 3.63) is 71.3 Å². The van der Waals surface area contributed by atoms with E-state index >= 15 is 0 Å². The molecule has 1 saturated heterocycles. The molecule has 43 heavy (non-hydrogen) atoms. The molecule has 0 saturated carbocycles. The summed E-state index contributed by atoms with van der Waals surface area (Å²) in [6.07, 6.45) is 0.846. The number of ether oxygens (including phenoxy) is 5. The lowest BCUT2D eigenvalue weighted by molar-refractivity contribution is -0.132. The van der Waals surface area contributed by atoms with Crippen LogP contribution in [-0.2, 0) is 9.59 Å². The number of hydrogen-bond acceptors (Lipinski definition) is 10. The molecule has 1 atom stereocenters. The Hall–Kier alpha value is -4.77. The molecule has 1 aromatic heterocycles. The maximum atomic E-state index is 13.8. The second-order valence-electron chi connectivity index (χ2n) is 9.56. The van der Waals surface area contributed by atoms with Crippen molar-refractivity contribution in [2.75, 3.05) is 39.4 Å². The van der Waals surface area contributed by atoms with Gasteiger partial charge in [0.2, 0.25) is 5.75 Å². The molecule has 0 spiro atoms. The molecule has 10 nitrogen and oxygen atoms in total. The first-order valence-electron chi connectivity index (χ1n) is 13.7. The number of aromatic nitrogens is 1. The maximum absolute atomic E-state index is 13.8. The van der Waals surface area contributed by atoms with E-state index in [1.165, 1.54) is 37.6 Å². The Morgan fingerprint density at radius 2 is 1.58 bits per heavy atom. The largest absolute Gasteiger partial charge is 0.507 e. The Bertz CT molecular complexity index is 1670. The molecule has 1 N–H and O–H groups in total. The van der Waals surface area contributed by atoms with E-state index < -0.39 is 17.7 Å². The van der Waals surface area contributed by atoms with Crippen molar-refractivity contribution in [1.82, 2.24) is 4.98 Å². The number of carbonyl (C=O) groups is 2. The van der Waals surface area contributed by atoms with E-state index in [2.05, 4.69) is 0 Å². The Kier molecular flexibility index (Phi) is 8.72. The maximum Gasteiger partial charge on any atom is 0.301 e. The molecular formula is C32H32N2O8S. The summed E-state index contributed by atoms with van der Waals surface area (Å²) in [6.45, 7) is 4.95. The Balaban J connectivity index is 1.71. The summed E-state index contributed by atoms with van der Waals surface area (Å²) in [4.78, 5) is 33.5. The van der Waals surface area contributed by atoms with E-state index in [0.29, 0.717) is 58.6 Å². The zero-order valence-electron chi connectivity index (χ0n) is 24.5. The Labute approximate surface area is 253 Å². The lowest BCUT2D eigenvalue weighted by Gasteiger charge is -2.24. The summed E-state index contributed by atoms with van der Waals surface area (Å²) in [5, 5.41) is 11.9. The summed E-state index contributed by atoms with van der Waals surface area (Å²) in [5.41, 5.74) is 1.34. The van der Waals surface area contributed by atoms with Crippen LogP contribution in [0.15, 0.2) is 60.2 Å². The predicted molar refractivity (Wildman–Crippen MR) is 164 cm³/mol. The van der Waals surface area contributed by atoms with E-state index in [4.69, 9.17) is 28.7 Å². The first-order chi connectivity index (χ1) is 20.8. The van der Waals surface area contributed by atoms with Crippen LogP contribution in [0, 0.1) is 0 Å². The minimum Gasteiger partial charge on any atom is -0.507 e. The number of thiazole rings is 1. The number of anilines is 1. The highest BCUT2D eigenvalue weighted by atomic mass is 32.1. The second-order valence-corrected chi connectivity index (χ2v) is 10.6. The fourth-order valence-corrected chi connectivity index (χ4v) is 5.96. The summed E-state index contributed by atoms with van der Waals surface area (Å²) in [7, 11) is 4.44. The molecule has 5 rings (SSSR count). The third-order valence-corrected chi connectivity index (χ3v) is 7.93. The molecule has 1 unspecified atom stereocenters. The molecule has 224 valence electrons. The normalized spacial score (nSPS) is 16.0. The van der Waals surface area contributed by atoms with Crippen molar-refractivity contribution in [1.29, 1.82) is 0 Å². The summed E-state index contributed by atoms with van der Waals surface area (Å²) >= 11 is 1.24. The van der Waals surface area contributed by atoms with Crippen LogP contribution >= 0.6 is 11.3 Å². The van der Waals surface area contributed by atoms with Crippen LogP contribution in [0.2, 0.25) is 0 Å². The van der Waals surface area contributed by atoms with Crippen molar-refractivity contribution in [3.8, 4) is 28.7 Å². The molecule has 1 aliphatic heterocycles. The second kappa shape index (κ2) is 12.6. The SMILES string of the molecule is CCCOc1ccc(C(O)=C2C(=O)C(=O)N(c3nc4ccc(OCC)cc4s3)C2c2cc(OC)c(OC)c(OC)c2)cc1. The number of aliphatic hydroxyl groups excluding tert-OH is 1. The molecule has 1 amide bonds. The van der Waals surface area contributed by atoms with Crippen molar-refractivity contribution in [3.63, 3.8) is 0 Å². The summed E-state index contributed by atoms with van der Waals surface area (Å²) in [6, 6.07) is 14.4. The zero-order valence-corrected chi connectivity index (χ0v) is 25.3. The average molecular weight is 605 g/mol. The third-order valence-electron chi connectivity index (χ3n) is 6.91. The first-order valence-corrected chi connectivity index (χ1v) is 14.5. The molecule has 1 aliphatic rings. The number of methoxy groups -OCH3 is 3. The number of ketones is 1. The quantitative estimate of drug-likeness (QED) is 0.122. The summed E-state index contributed by atoms with van der Waals surface area (Å²) in [5.74, 6) is 0.277. The van der Waals surface area contributed by atoms with Crippen LogP contribution in [-0.4, -0.2) is 56.3 Å². The highest BCUT2D eigenvalue weighted by Gasteiger charge is 2.48. The number of carbonyl (C=O) groups excluding carboxylic acids is 2. The van der Waals surface area contributed by atoms with Gasteiger partial charge in [0.1, 0.15) is 17.3 Å². The van der Waals surface area contributed by atoms with Gasteiger partial charge in [0.15, 0.2) is 16.6 Å². The van der Waals surface area contributed by atoms with Crippen LogP contribution in [0.3, 0.4) is 0 Å². The number of fused-ring (bicyclic) bond motifs is 1. The molecule has 4 aromatic rings. The molecule has 2 heterocycles. The standard InChI is InChI=1S/C32H32N2O8S/c1-6-14-42-20-10-8-18(9-11-20)28(35)26-27(19-15-23(38-3)30(40-5)24(16-19)39-4)34(31(37)29(26)36)32-33-22-13-12-21(41-7-2)17-25(22)43-32/h8-13,15-17,27,35H,6-7,14H2,1-5H3. The van der Waals surface area contributed by atoms with E-state index in [1.54, 1.807) is 48.5 Å². The van der Waals surface area contributed by atoms with Crippen LogP contribution in [0.4, 0.5) is 5.13 Å². The molecule has 11 heteroatoms. The third kappa shape index (κ3) is 5.55. The van der Waals surface area contributed by atoms with Crippen molar-refractivity contribution in [2.24, 2.45) is 0 Å². The number of rotatable bonds is 11. The van der Waals surface area contributed by atoms with E-state index in [-0.39, 0.29) is 16.5 Å². The van der Waals surface area contributed by atoms with Crippen LogP contribution in [0.5, 0.6) is 28.7 Å². The van der Waals surface area contributed by atoms with Crippen molar-refractivity contribution >= 4 is 44.1 Å². The first kappa shape index (κ1) is 29.7. The van der Waals surface area contributed by atoms with Crippen LogP contribution in [0.1, 0.15) is 37.4 Å². The monoisotopic (exact) mass is 604 g/mol. The smallest absolute Gasteiger partial charge is 0.301 e. The lowest BCUT2D eigenvalue weighted by Crippen LogP contribution is -2.29. The van der Waals surface area contributed by atoms with Gasteiger partial charge < -0.3 is 28.8 Å². The molecule has 3 aromatic carbocycles. The zero-order chi connectivity index (χ0) is 30.7. The lowest BCUT2D eigenvalue weighted by atomic mass is 9.94. The fraction of sp³-hybridized carbons (Fsp3) is 0.281. The minimum absolute atomic E-state index is 0.101. The fourth-order valence-electron chi connectivity index (χ4n) is 4.94. The molecule has 1 fully saturated rings. The highest BCUT2D eigenvalue weighted by molar-refractivity contribution is 7.22. The van der Waals surface area contributed by atoms with Gasteiger partial charge in [0.05, 0.1) is 56.4 Å².